The predicted molar refractivity (Wildman–Crippen MR) is 80.7 cm³/mol. The molecule has 0 aliphatic heterocycles. The van der Waals surface area contributed by atoms with Crippen molar-refractivity contribution in [3.8, 4) is 0 Å². The Balaban J connectivity index is 2.90. The van der Waals surface area contributed by atoms with E-state index in [1.165, 1.54) is 17.0 Å². The molecule has 0 bridgehead atoms. The fourth-order valence-corrected chi connectivity index (χ4v) is 1.94. The highest BCUT2D eigenvalue weighted by molar-refractivity contribution is 5.96. The van der Waals surface area contributed by atoms with Crippen molar-refractivity contribution < 1.29 is 14.0 Å². The number of halogens is 1. The Morgan fingerprint density at radius 2 is 2.00 bits per heavy atom. The van der Waals surface area contributed by atoms with E-state index in [0.717, 1.165) is 12.8 Å². The van der Waals surface area contributed by atoms with Gasteiger partial charge in [0.05, 0.1) is 6.54 Å². The van der Waals surface area contributed by atoms with Crippen molar-refractivity contribution in [2.75, 3.05) is 13.1 Å². The van der Waals surface area contributed by atoms with Gasteiger partial charge < -0.3 is 10.6 Å². The highest BCUT2D eigenvalue weighted by Crippen LogP contribution is 2.17. The van der Waals surface area contributed by atoms with E-state index in [-0.39, 0.29) is 18.3 Å². The molecule has 0 heterocycles. The molecule has 0 radical (unpaired) electrons. The van der Waals surface area contributed by atoms with E-state index >= 15 is 0 Å². The van der Waals surface area contributed by atoms with E-state index in [1.807, 2.05) is 6.92 Å². The second-order valence-electron chi connectivity index (χ2n) is 4.89. The maximum Gasteiger partial charge on any atom is 0.247 e. The van der Waals surface area contributed by atoms with Crippen molar-refractivity contribution in [1.29, 1.82) is 0 Å². The summed E-state index contributed by atoms with van der Waals surface area (Å²) < 4.78 is 13.7. The monoisotopic (exact) mass is 292 g/mol. The number of nitrogens with two attached hydrogens (primary N) is 1. The van der Waals surface area contributed by atoms with E-state index in [9.17, 15) is 14.0 Å². The summed E-state index contributed by atoms with van der Waals surface area (Å²) in [5, 5.41) is 0. The Labute approximate surface area is 124 Å². The van der Waals surface area contributed by atoms with Crippen LogP contribution in [0.4, 0.5) is 4.39 Å². The summed E-state index contributed by atoms with van der Waals surface area (Å²) in [7, 11) is 0. The number of hydrogen-bond donors (Lipinski definition) is 1. The Morgan fingerprint density at radius 3 is 2.57 bits per heavy atom. The number of amides is 2. The standard InChI is InChI=1S/C16H21FN2O2/c1-3-4-9-19(11-15(18)20)16(21)10-12(2)13-7-5-6-8-14(13)17/h5-8,10H,3-4,9,11H2,1-2H3,(H2,18,20)/b12-10+. The van der Waals surface area contributed by atoms with Gasteiger partial charge in [0.25, 0.3) is 0 Å². The molecule has 21 heavy (non-hydrogen) atoms. The highest BCUT2D eigenvalue weighted by atomic mass is 19.1. The molecule has 0 aromatic heterocycles. The van der Waals surface area contributed by atoms with Gasteiger partial charge in [-0.15, -0.1) is 0 Å². The average Bonchev–Trinajstić information content (AvgIpc) is 2.43. The molecule has 2 N–H and O–H groups in total. The molecule has 4 nitrogen and oxygen atoms in total. The van der Waals surface area contributed by atoms with Gasteiger partial charge in [-0.3, -0.25) is 9.59 Å². The SMILES string of the molecule is CCCCN(CC(N)=O)C(=O)/C=C(\C)c1ccccc1F. The van der Waals surface area contributed by atoms with Crippen LogP contribution < -0.4 is 5.73 Å². The van der Waals surface area contributed by atoms with Crippen LogP contribution in [0.1, 0.15) is 32.3 Å². The normalized spacial score (nSPS) is 11.3. The minimum absolute atomic E-state index is 0.125. The minimum atomic E-state index is -0.559. The Hall–Kier alpha value is -2.17. The summed E-state index contributed by atoms with van der Waals surface area (Å²) in [5.74, 6) is -1.27. The lowest BCUT2D eigenvalue weighted by molar-refractivity contribution is -0.131. The third-order valence-electron chi connectivity index (χ3n) is 3.08. The van der Waals surface area contributed by atoms with Crippen molar-refractivity contribution in [3.63, 3.8) is 0 Å². The van der Waals surface area contributed by atoms with Crippen molar-refractivity contribution in [2.45, 2.75) is 26.7 Å². The van der Waals surface area contributed by atoms with Crippen molar-refractivity contribution in [2.24, 2.45) is 5.73 Å². The number of rotatable bonds is 7. The summed E-state index contributed by atoms with van der Waals surface area (Å²) in [6.45, 7) is 3.99. The number of carbonyl (C=O) groups is 2. The van der Waals surface area contributed by atoms with Crippen molar-refractivity contribution in [3.05, 3.63) is 41.7 Å². The topological polar surface area (TPSA) is 63.4 Å². The zero-order valence-corrected chi connectivity index (χ0v) is 12.4. The summed E-state index contributed by atoms with van der Waals surface area (Å²) >= 11 is 0. The molecule has 2 amide bonds. The number of carbonyl (C=O) groups excluding carboxylic acids is 2. The summed E-state index contributed by atoms with van der Waals surface area (Å²) in [4.78, 5) is 24.6. The number of hydrogen-bond acceptors (Lipinski definition) is 2. The Morgan fingerprint density at radius 1 is 1.33 bits per heavy atom. The van der Waals surface area contributed by atoms with Gasteiger partial charge in [-0.2, -0.15) is 0 Å². The summed E-state index contributed by atoms with van der Waals surface area (Å²) in [5.41, 5.74) is 6.05. The van der Waals surface area contributed by atoms with Crippen LogP contribution >= 0.6 is 0 Å². The predicted octanol–water partition coefficient (Wildman–Crippen LogP) is 2.34. The van der Waals surface area contributed by atoms with Crippen LogP contribution in [-0.2, 0) is 9.59 Å². The van der Waals surface area contributed by atoms with Crippen LogP contribution in [0.15, 0.2) is 30.3 Å². The van der Waals surface area contributed by atoms with Gasteiger partial charge >= 0.3 is 0 Å². The molecule has 0 fully saturated rings. The second-order valence-corrected chi connectivity index (χ2v) is 4.89. The van der Waals surface area contributed by atoms with Crippen LogP contribution in [-0.4, -0.2) is 29.8 Å². The van der Waals surface area contributed by atoms with Crippen LogP contribution in [0.25, 0.3) is 5.57 Å². The quantitative estimate of drug-likeness (QED) is 0.784. The largest absolute Gasteiger partial charge is 0.368 e. The Kier molecular flexibility index (Phi) is 6.59. The molecule has 0 atom stereocenters. The number of benzene rings is 1. The fourth-order valence-electron chi connectivity index (χ4n) is 1.94. The number of nitrogens with zero attached hydrogens (tertiary/aromatic N) is 1. The first kappa shape index (κ1) is 16.9. The molecule has 0 saturated heterocycles. The smallest absolute Gasteiger partial charge is 0.247 e. The van der Waals surface area contributed by atoms with Crippen LogP contribution in [0.5, 0.6) is 0 Å². The van der Waals surface area contributed by atoms with E-state index in [0.29, 0.717) is 17.7 Å². The summed E-state index contributed by atoms with van der Waals surface area (Å²) in [6, 6.07) is 6.25. The van der Waals surface area contributed by atoms with Gasteiger partial charge in [0.2, 0.25) is 11.8 Å². The first-order chi connectivity index (χ1) is 9.95. The number of unbranched alkanes of at least 4 members (excludes halogenated alkanes) is 1. The van der Waals surface area contributed by atoms with E-state index in [2.05, 4.69) is 0 Å². The zero-order valence-electron chi connectivity index (χ0n) is 12.4. The van der Waals surface area contributed by atoms with Crippen LogP contribution in [0.2, 0.25) is 0 Å². The Bertz CT molecular complexity index is 541. The second kappa shape index (κ2) is 8.19. The van der Waals surface area contributed by atoms with E-state index < -0.39 is 5.91 Å². The first-order valence-corrected chi connectivity index (χ1v) is 6.96. The van der Waals surface area contributed by atoms with Crippen molar-refractivity contribution >= 4 is 17.4 Å². The first-order valence-electron chi connectivity index (χ1n) is 6.96. The minimum Gasteiger partial charge on any atom is -0.368 e. The van der Waals surface area contributed by atoms with Gasteiger partial charge in [0.15, 0.2) is 0 Å². The van der Waals surface area contributed by atoms with Crippen molar-refractivity contribution in [1.82, 2.24) is 4.90 Å². The van der Waals surface area contributed by atoms with Crippen LogP contribution in [0.3, 0.4) is 0 Å². The van der Waals surface area contributed by atoms with E-state index in [4.69, 9.17) is 5.73 Å². The fraction of sp³-hybridized carbons (Fsp3) is 0.375. The maximum absolute atomic E-state index is 13.7. The molecule has 1 aromatic carbocycles. The lowest BCUT2D eigenvalue weighted by atomic mass is 10.1. The van der Waals surface area contributed by atoms with Gasteiger partial charge in [0, 0.05) is 18.2 Å². The van der Waals surface area contributed by atoms with Gasteiger partial charge in [0.1, 0.15) is 5.82 Å². The molecule has 5 heteroatoms. The average molecular weight is 292 g/mol. The summed E-state index contributed by atoms with van der Waals surface area (Å²) in [6.07, 6.45) is 3.03. The molecule has 0 aliphatic rings. The number of allylic oxidation sites excluding steroid dienone is 1. The molecule has 1 rings (SSSR count). The highest BCUT2D eigenvalue weighted by Gasteiger charge is 2.14. The molecule has 0 saturated carbocycles. The lowest BCUT2D eigenvalue weighted by Gasteiger charge is -2.19. The molecule has 0 aliphatic carbocycles. The molecule has 0 spiro atoms. The maximum atomic E-state index is 13.7. The molecule has 1 aromatic rings. The third-order valence-corrected chi connectivity index (χ3v) is 3.08. The third kappa shape index (κ3) is 5.38. The zero-order chi connectivity index (χ0) is 15.8. The van der Waals surface area contributed by atoms with Crippen LogP contribution in [0, 0.1) is 5.82 Å². The lowest BCUT2D eigenvalue weighted by Crippen LogP contribution is -2.38. The molecule has 114 valence electrons. The molecule has 0 unspecified atom stereocenters. The van der Waals surface area contributed by atoms with E-state index in [1.54, 1.807) is 25.1 Å². The number of primary amides is 1. The van der Waals surface area contributed by atoms with Gasteiger partial charge in [-0.1, -0.05) is 31.5 Å². The van der Waals surface area contributed by atoms with Gasteiger partial charge in [-0.05, 0) is 25.0 Å². The molecular weight excluding hydrogens is 271 g/mol. The van der Waals surface area contributed by atoms with Gasteiger partial charge in [-0.25, -0.2) is 4.39 Å². The molecular formula is C16H21FN2O2.